The van der Waals surface area contributed by atoms with E-state index in [1.807, 2.05) is 0 Å². The fraction of sp³-hybridized carbons (Fsp3) is 0.933. The van der Waals surface area contributed by atoms with E-state index >= 15 is 0 Å². The molecule has 2 N–H and O–H groups in total. The zero-order chi connectivity index (χ0) is 13.4. The van der Waals surface area contributed by atoms with Gasteiger partial charge >= 0.3 is 0 Å². The topological polar surface area (TPSA) is 41.6 Å². The zero-order valence-electron chi connectivity index (χ0n) is 12.5. The van der Waals surface area contributed by atoms with E-state index in [1.165, 1.54) is 32.1 Å². The summed E-state index contributed by atoms with van der Waals surface area (Å²) >= 11 is 0. The Morgan fingerprint density at radius 3 is 2.61 bits per heavy atom. The van der Waals surface area contributed by atoms with Gasteiger partial charge in [-0.15, -0.1) is 0 Å². The van der Waals surface area contributed by atoms with Gasteiger partial charge in [0.05, 0.1) is 12.1 Å². The Bertz CT molecular complexity index is 333. The van der Waals surface area contributed by atoms with Crippen LogP contribution in [-0.2, 0) is 0 Å². The highest BCUT2D eigenvalue weighted by Crippen LogP contribution is 2.42. The SMILES string of the molecule is CC(C)CN1C(N)=NCC12CCCC(C)(C)CC2. The van der Waals surface area contributed by atoms with E-state index in [1.54, 1.807) is 0 Å². The van der Waals surface area contributed by atoms with Gasteiger partial charge in [-0.1, -0.05) is 34.1 Å². The van der Waals surface area contributed by atoms with Crippen LogP contribution in [0.1, 0.15) is 59.8 Å². The maximum atomic E-state index is 6.13. The molecule has 1 aliphatic carbocycles. The maximum absolute atomic E-state index is 6.13. The maximum Gasteiger partial charge on any atom is 0.191 e. The van der Waals surface area contributed by atoms with Crippen molar-refractivity contribution >= 4 is 5.96 Å². The van der Waals surface area contributed by atoms with E-state index < -0.39 is 0 Å². The number of nitrogens with two attached hydrogens (primary N) is 1. The molecule has 0 radical (unpaired) electrons. The lowest BCUT2D eigenvalue weighted by molar-refractivity contribution is 0.154. The number of nitrogens with zero attached hydrogens (tertiary/aromatic N) is 2. The van der Waals surface area contributed by atoms with Crippen molar-refractivity contribution in [3.05, 3.63) is 0 Å². The molecular weight excluding hydrogens is 222 g/mol. The van der Waals surface area contributed by atoms with E-state index in [2.05, 4.69) is 37.6 Å². The molecule has 18 heavy (non-hydrogen) atoms. The molecule has 0 amide bonds. The van der Waals surface area contributed by atoms with Gasteiger partial charge in [-0.3, -0.25) is 4.99 Å². The lowest BCUT2D eigenvalue weighted by atomic mass is 9.83. The highest BCUT2D eigenvalue weighted by atomic mass is 15.4. The Kier molecular flexibility index (Phi) is 3.61. The summed E-state index contributed by atoms with van der Waals surface area (Å²) in [6.07, 6.45) is 6.45. The first-order chi connectivity index (χ1) is 8.35. The van der Waals surface area contributed by atoms with Crippen LogP contribution >= 0.6 is 0 Å². The van der Waals surface area contributed by atoms with Gasteiger partial charge in [-0.05, 0) is 37.0 Å². The van der Waals surface area contributed by atoms with Gasteiger partial charge in [0.25, 0.3) is 0 Å². The minimum Gasteiger partial charge on any atom is -0.370 e. The van der Waals surface area contributed by atoms with E-state index in [9.17, 15) is 0 Å². The van der Waals surface area contributed by atoms with Crippen LogP contribution in [0.5, 0.6) is 0 Å². The van der Waals surface area contributed by atoms with Crippen molar-refractivity contribution in [2.24, 2.45) is 22.1 Å². The van der Waals surface area contributed by atoms with Crippen molar-refractivity contribution in [1.82, 2.24) is 4.90 Å². The third-order valence-corrected chi connectivity index (χ3v) is 4.70. The van der Waals surface area contributed by atoms with Crippen molar-refractivity contribution in [2.75, 3.05) is 13.1 Å². The van der Waals surface area contributed by atoms with Crippen molar-refractivity contribution in [1.29, 1.82) is 0 Å². The van der Waals surface area contributed by atoms with Crippen LogP contribution in [0.4, 0.5) is 0 Å². The molecular formula is C15H29N3. The highest BCUT2D eigenvalue weighted by molar-refractivity contribution is 5.81. The van der Waals surface area contributed by atoms with Crippen molar-refractivity contribution in [3.8, 4) is 0 Å². The van der Waals surface area contributed by atoms with Gasteiger partial charge in [0.1, 0.15) is 0 Å². The van der Waals surface area contributed by atoms with E-state index in [-0.39, 0.29) is 5.54 Å². The summed E-state index contributed by atoms with van der Waals surface area (Å²) in [5.74, 6) is 1.42. The quantitative estimate of drug-likeness (QED) is 0.819. The second-order valence-corrected chi connectivity index (χ2v) is 7.42. The van der Waals surface area contributed by atoms with Crippen molar-refractivity contribution in [2.45, 2.75) is 65.3 Å². The first kappa shape index (κ1) is 13.7. The summed E-state index contributed by atoms with van der Waals surface area (Å²) in [5, 5.41) is 0. The molecule has 2 rings (SSSR count). The summed E-state index contributed by atoms with van der Waals surface area (Å²) in [5.41, 5.74) is 6.86. The van der Waals surface area contributed by atoms with Gasteiger partial charge in [-0.25, -0.2) is 0 Å². The minimum atomic E-state index is 0.238. The molecule has 3 heteroatoms. The van der Waals surface area contributed by atoms with Crippen LogP contribution in [0.25, 0.3) is 0 Å². The van der Waals surface area contributed by atoms with Gasteiger partial charge in [-0.2, -0.15) is 0 Å². The highest BCUT2D eigenvalue weighted by Gasteiger charge is 2.44. The lowest BCUT2D eigenvalue weighted by Gasteiger charge is -2.40. The summed E-state index contributed by atoms with van der Waals surface area (Å²) in [7, 11) is 0. The third kappa shape index (κ3) is 2.65. The Morgan fingerprint density at radius 1 is 1.22 bits per heavy atom. The molecule has 2 aliphatic rings. The van der Waals surface area contributed by atoms with Crippen LogP contribution in [0.15, 0.2) is 4.99 Å². The van der Waals surface area contributed by atoms with E-state index in [0.717, 1.165) is 19.0 Å². The number of aliphatic imine (C=N–C) groups is 1. The molecule has 0 aromatic rings. The lowest BCUT2D eigenvalue weighted by Crippen LogP contribution is -2.52. The van der Waals surface area contributed by atoms with Crippen LogP contribution in [0, 0.1) is 11.3 Å². The predicted molar refractivity (Wildman–Crippen MR) is 77.6 cm³/mol. The molecule has 104 valence electrons. The first-order valence-corrected chi connectivity index (χ1v) is 7.42. The molecule has 1 unspecified atom stereocenters. The molecule has 1 atom stereocenters. The van der Waals surface area contributed by atoms with Crippen LogP contribution < -0.4 is 5.73 Å². The monoisotopic (exact) mass is 251 g/mol. The largest absolute Gasteiger partial charge is 0.370 e. The Labute approximate surface area is 112 Å². The first-order valence-electron chi connectivity index (χ1n) is 7.42. The molecule has 1 fully saturated rings. The summed E-state index contributed by atoms with van der Waals surface area (Å²) in [4.78, 5) is 6.97. The van der Waals surface area contributed by atoms with Gasteiger partial charge in [0.2, 0.25) is 0 Å². The van der Waals surface area contributed by atoms with Crippen LogP contribution in [0.2, 0.25) is 0 Å². The van der Waals surface area contributed by atoms with Gasteiger partial charge in [0, 0.05) is 6.54 Å². The average Bonchev–Trinajstić information content (AvgIpc) is 2.46. The smallest absolute Gasteiger partial charge is 0.191 e. The molecule has 0 aromatic carbocycles. The normalized spacial score (nSPS) is 31.8. The Hall–Kier alpha value is -0.730. The fourth-order valence-electron chi connectivity index (χ4n) is 3.44. The predicted octanol–water partition coefficient (Wildman–Crippen LogP) is 3.00. The average molecular weight is 251 g/mol. The standard InChI is InChI=1S/C15H29N3/c1-12(2)10-18-13(16)17-11-15(18)7-5-6-14(3,4)8-9-15/h12H,5-11H2,1-4H3,(H2,16,17). The second kappa shape index (κ2) is 4.75. The summed E-state index contributed by atoms with van der Waals surface area (Å²) in [6.45, 7) is 11.3. The Balaban J connectivity index is 2.14. The second-order valence-electron chi connectivity index (χ2n) is 7.42. The molecule has 0 bridgehead atoms. The number of guanidine groups is 1. The number of hydrogen-bond acceptors (Lipinski definition) is 3. The molecule has 1 spiro atoms. The van der Waals surface area contributed by atoms with Gasteiger partial charge in [0.15, 0.2) is 5.96 Å². The van der Waals surface area contributed by atoms with Gasteiger partial charge < -0.3 is 10.6 Å². The molecule has 0 saturated heterocycles. The number of rotatable bonds is 2. The number of hydrogen-bond donors (Lipinski definition) is 1. The molecule has 0 aromatic heterocycles. The molecule has 1 saturated carbocycles. The van der Waals surface area contributed by atoms with E-state index in [4.69, 9.17) is 5.73 Å². The Morgan fingerprint density at radius 2 is 1.94 bits per heavy atom. The van der Waals surface area contributed by atoms with E-state index in [0.29, 0.717) is 11.3 Å². The molecule has 3 nitrogen and oxygen atoms in total. The van der Waals surface area contributed by atoms with Crippen molar-refractivity contribution < 1.29 is 0 Å². The van der Waals surface area contributed by atoms with Crippen LogP contribution in [0.3, 0.4) is 0 Å². The molecule has 1 heterocycles. The molecule has 1 aliphatic heterocycles. The third-order valence-electron chi connectivity index (χ3n) is 4.70. The van der Waals surface area contributed by atoms with Crippen molar-refractivity contribution in [3.63, 3.8) is 0 Å². The zero-order valence-corrected chi connectivity index (χ0v) is 12.5. The minimum absolute atomic E-state index is 0.238. The van der Waals surface area contributed by atoms with Crippen LogP contribution in [-0.4, -0.2) is 29.5 Å². The summed E-state index contributed by atoms with van der Waals surface area (Å²) < 4.78 is 0. The fourth-order valence-corrected chi connectivity index (χ4v) is 3.44. The summed E-state index contributed by atoms with van der Waals surface area (Å²) in [6, 6.07) is 0.